The second-order valence-electron chi connectivity index (χ2n) is 6.55. The zero-order chi connectivity index (χ0) is 17.3. The molecular formula is C18H24N4OS. The SMILES string of the molecule is CC(C)[C@@H]1c2nc(-c3ccccc3)cn2CCN1C(=O)[C@@H](N)CS. The molecule has 128 valence electrons. The number of amides is 1. The number of carbonyl (C=O) groups is 1. The predicted molar refractivity (Wildman–Crippen MR) is 98.8 cm³/mol. The number of thiol groups is 1. The lowest BCUT2D eigenvalue weighted by atomic mass is 9.99. The number of aromatic nitrogens is 2. The zero-order valence-corrected chi connectivity index (χ0v) is 15.0. The van der Waals surface area contributed by atoms with Crippen LogP contribution in [-0.4, -0.2) is 38.7 Å². The highest BCUT2D eigenvalue weighted by Crippen LogP contribution is 2.33. The fourth-order valence-electron chi connectivity index (χ4n) is 3.28. The summed E-state index contributed by atoms with van der Waals surface area (Å²) in [6, 6.07) is 9.50. The Kier molecular flexibility index (Phi) is 4.96. The largest absolute Gasteiger partial charge is 0.331 e. The monoisotopic (exact) mass is 344 g/mol. The van der Waals surface area contributed by atoms with E-state index in [2.05, 4.69) is 49.4 Å². The standard InChI is InChI=1S/C18H24N4OS/c1-12(2)16-17-20-15(13-6-4-3-5-7-13)10-21(17)8-9-22(16)18(23)14(19)11-24/h3-7,10,12,14,16,24H,8-9,11,19H2,1-2H3/t14-,16+/m0/s1. The molecule has 3 rings (SSSR count). The highest BCUT2D eigenvalue weighted by molar-refractivity contribution is 7.80. The lowest BCUT2D eigenvalue weighted by molar-refractivity contribution is -0.137. The average Bonchev–Trinajstić information content (AvgIpc) is 3.04. The first kappa shape index (κ1) is 17.0. The normalized spacial score (nSPS) is 18.5. The summed E-state index contributed by atoms with van der Waals surface area (Å²) < 4.78 is 2.17. The van der Waals surface area contributed by atoms with Gasteiger partial charge < -0.3 is 15.2 Å². The third-order valence-corrected chi connectivity index (χ3v) is 4.88. The lowest BCUT2D eigenvalue weighted by Gasteiger charge is -2.39. The van der Waals surface area contributed by atoms with E-state index >= 15 is 0 Å². The van der Waals surface area contributed by atoms with Crippen LogP contribution in [0.3, 0.4) is 0 Å². The molecule has 0 saturated carbocycles. The summed E-state index contributed by atoms with van der Waals surface area (Å²) in [5, 5.41) is 0. The molecule has 24 heavy (non-hydrogen) atoms. The van der Waals surface area contributed by atoms with Crippen LogP contribution in [0.2, 0.25) is 0 Å². The topological polar surface area (TPSA) is 64.2 Å². The van der Waals surface area contributed by atoms with Gasteiger partial charge in [-0.05, 0) is 5.92 Å². The lowest BCUT2D eigenvalue weighted by Crippen LogP contribution is -2.51. The van der Waals surface area contributed by atoms with E-state index in [-0.39, 0.29) is 17.9 Å². The third-order valence-electron chi connectivity index (χ3n) is 4.49. The minimum atomic E-state index is -0.565. The van der Waals surface area contributed by atoms with Gasteiger partial charge in [-0.25, -0.2) is 4.98 Å². The van der Waals surface area contributed by atoms with Crippen LogP contribution in [0.5, 0.6) is 0 Å². The quantitative estimate of drug-likeness (QED) is 0.837. The fraction of sp³-hybridized carbons (Fsp3) is 0.444. The second kappa shape index (κ2) is 6.99. The summed E-state index contributed by atoms with van der Waals surface area (Å²) in [4.78, 5) is 19.4. The van der Waals surface area contributed by atoms with Crippen LogP contribution in [-0.2, 0) is 11.3 Å². The van der Waals surface area contributed by atoms with Gasteiger partial charge in [0.25, 0.3) is 0 Å². The zero-order valence-electron chi connectivity index (χ0n) is 14.1. The molecule has 1 aromatic heterocycles. The van der Waals surface area contributed by atoms with Gasteiger partial charge in [0.05, 0.1) is 17.8 Å². The van der Waals surface area contributed by atoms with Gasteiger partial charge in [-0.3, -0.25) is 4.79 Å². The number of hydrogen-bond donors (Lipinski definition) is 2. The molecule has 1 aliphatic heterocycles. The summed E-state index contributed by atoms with van der Waals surface area (Å²) in [6.07, 6.45) is 2.08. The highest BCUT2D eigenvalue weighted by atomic mass is 32.1. The number of fused-ring (bicyclic) bond motifs is 1. The molecule has 0 saturated heterocycles. The van der Waals surface area contributed by atoms with Crippen molar-refractivity contribution in [3.63, 3.8) is 0 Å². The van der Waals surface area contributed by atoms with Gasteiger partial charge in [-0.2, -0.15) is 12.6 Å². The van der Waals surface area contributed by atoms with Gasteiger partial charge in [-0.15, -0.1) is 0 Å². The molecule has 2 atom stereocenters. The first-order valence-corrected chi connectivity index (χ1v) is 8.95. The first-order chi connectivity index (χ1) is 11.5. The maximum absolute atomic E-state index is 12.6. The van der Waals surface area contributed by atoms with E-state index in [0.29, 0.717) is 12.3 Å². The van der Waals surface area contributed by atoms with Crippen LogP contribution < -0.4 is 5.73 Å². The van der Waals surface area contributed by atoms with Crippen molar-refractivity contribution in [3.8, 4) is 11.3 Å². The van der Waals surface area contributed by atoms with Gasteiger partial charge in [0.2, 0.25) is 5.91 Å². The Morgan fingerprint density at radius 3 is 2.67 bits per heavy atom. The summed E-state index contributed by atoms with van der Waals surface area (Å²) in [5.41, 5.74) is 7.97. The van der Waals surface area contributed by atoms with E-state index in [9.17, 15) is 4.79 Å². The Hall–Kier alpha value is -1.79. The van der Waals surface area contributed by atoms with Gasteiger partial charge in [0.1, 0.15) is 5.82 Å². The molecule has 2 aromatic rings. The summed E-state index contributed by atoms with van der Waals surface area (Å²) in [5.74, 6) is 1.50. The van der Waals surface area contributed by atoms with E-state index in [4.69, 9.17) is 10.7 Å². The maximum atomic E-state index is 12.6. The molecule has 0 aliphatic carbocycles. The van der Waals surface area contributed by atoms with Gasteiger partial charge in [-0.1, -0.05) is 44.2 Å². The molecule has 0 spiro atoms. The van der Waals surface area contributed by atoms with Crippen molar-refractivity contribution in [2.24, 2.45) is 11.7 Å². The Morgan fingerprint density at radius 1 is 1.33 bits per heavy atom. The molecule has 0 fully saturated rings. The van der Waals surface area contributed by atoms with Crippen LogP contribution in [0.25, 0.3) is 11.3 Å². The van der Waals surface area contributed by atoms with E-state index in [1.807, 2.05) is 23.1 Å². The van der Waals surface area contributed by atoms with Crippen LogP contribution in [0, 0.1) is 5.92 Å². The molecule has 1 aromatic carbocycles. The molecule has 2 heterocycles. The smallest absolute Gasteiger partial charge is 0.241 e. The highest BCUT2D eigenvalue weighted by Gasteiger charge is 2.36. The van der Waals surface area contributed by atoms with Gasteiger partial charge in [0.15, 0.2) is 0 Å². The van der Waals surface area contributed by atoms with Crippen molar-refractivity contribution in [2.75, 3.05) is 12.3 Å². The Morgan fingerprint density at radius 2 is 2.04 bits per heavy atom. The third kappa shape index (κ3) is 3.08. The number of hydrogen-bond acceptors (Lipinski definition) is 4. The first-order valence-electron chi connectivity index (χ1n) is 8.32. The van der Waals surface area contributed by atoms with Crippen molar-refractivity contribution >= 4 is 18.5 Å². The van der Waals surface area contributed by atoms with E-state index in [1.54, 1.807) is 0 Å². The molecule has 0 bridgehead atoms. The Balaban J connectivity index is 1.98. The molecule has 6 heteroatoms. The van der Waals surface area contributed by atoms with Crippen LogP contribution in [0.15, 0.2) is 36.5 Å². The number of carbonyl (C=O) groups excluding carboxylic acids is 1. The second-order valence-corrected chi connectivity index (χ2v) is 6.92. The Labute approximate surface area is 148 Å². The van der Waals surface area contributed by atoms with E-state index in [0.717, 1.165) is 23.6 Å². The molecule has 0 radical (unpaired) electrons. The summed E-state index contributed by atoms with van der Waals surface area (Å²) in [6.45, 7) is 5.62. The van der Waals surface area contributed by atoms with Gasteiger partial charge >= 0.3 is 0 Å². The van der Waals surface area contributed by atoms with E-state index in [1.165, 1.54) is 0 Å². The van der Waals surface area contributed by atoms with Crippen molar-refractivity contribution in [2.45, 2.75) is 32.5 Å². The van der Waals surface area contributed by atoms with Crippen molar-refractivity contribution in [1.29, 1.82) is 0 Å². The molecule has 2 N–H and O–H groups in total. The number of imidazole rings is 1. The number of nitrogens with two attached hydrogens (primary N) is 1. The summed E-state index contributed by atoms with van der Waals surface area (Å²) in [7, 11) is 0. The number of nitrogens with zero attached hydrogens (tertiary/aromatic N) is 3. The minimum Gasteiger partial charge on any atom is -0.331 e. The molecule has 0 unspecified atom stereocenters. The molecule has 1 amide bonds. The Bertz CT molecular complexity index is 713. The molecule has 5 nitrogen and oxygen atoms in total. The van der Waals surface area contributed by atoms with E-state index < -0.39 is 6.04 Å². The van der Waals surface area contributed by atoms with Crippen molar-refractivity contribution in [1.82, 2.24) is 14.5 Å². The fourth-order valence-corrected chi connectivity index (χ4v) is 3.44. The van der Waals surface area contributed by atoms with Gasteiger partial charge in [0, 0.05) is 30.6 Å². The summed E-state index contributed by atoms with van der Waals surface area (Å²) >= 11 is 4.17. The van der Waals surface area contributed by atoms with Crippen LogP contribution >= 0.6 is 12.6 Å². The van der Waals surface area contributed by atoms with Crippen LogP contribution in [0.1, 0.15) is 25.7 Å². The van der Waals surface area contributed by atoms with Crippen LogP contribution in [0.4, 0.5) is 0 Å². The molecular weight excluding hydrogens is 320 g/mol. The average molecular weight is 344 g/mol. The number of benzene rings is 1. The minimum absolute atomic E-state index is 0.0424. The molecule has 1 aliphatic rings. The maximum Gasteiger partial charge on any atom is 0.241 e. The predicted octanol–water partition coefficient (Wildman–Crippen LogP) is 2.35. The van der Waals surface area contributed by atoms with Crippen molar-refractivity contribution in [3.05, 3.63) is 42.4 Å². The number of rotatable bonds is 4. The van der Waals surface area contributed by atoms with Crippen molar-refractivity contribution < 1.29 is 4.79 Å².